The van der Waals surface area contributed by atoms with Gasteiger partial charge in [-0.25, -0.2) is 0 Å². The van der Waals surface area contributed by atoms with Crippen LogP contribution in [0.4, 0.5) is 0 Å². The van der Waals surface area contributed by atoms with E-state index in [0.717, 1.165) is 25.8 Å². The highest BCUT2D eigenvalue weighted by molar-refractivity contribution is 5.81. The first-order chi connectivity index (χ1) is 9.61. The molecule has 1 aliphatic rings. The average Bonchev–Trinajstić information content (AvgIpc) is 2.40. The maximum Gasteiger partial charge on any atom is 0.236 e. The summed E-state index contributed by atoms with van der Waals surface area (Å²) in [5.41, 5.74) is 2.85. The van der Waals surface area contributed by atoms with Crippen molar-refractivity contribution in [3.05, 3.63) is 35.4 Å². The summed E-state index contributed by atoms with van der Waals surface area (Å²) >= 11 is 0. The molecule has 1 aromatic carbocycles. The number of carbonyl (C=O) groups is 1. The van der Waals surface area contributed by atoms with Crippen LogP contribution < -0.4 is 10.6 Å². The summed E-state index contributed by atoms with van der Waals surface area (Å²) in [6.07, 6.45) is 3.25. The Balaban J connectivity index is 1.77. The largest absolute Gasteiger partial charge is 0.355 e. The Hall–Kier alpha value is -1.35. The van der Waals surface area contributed by atoms with Gasteiger partial charge in [0.15, 0.2) is 0 Å². The van der Waals surface area contributed by atoms with E-state index in [4.69, 9.17) is 0 Å². The first-order valence-electron chi connectivity index (χ1n) is 7.71. The predicted octanol–water partition coefficient (Wildman–Crippen LogP) is 2.75. The first-order valence-corrected chi connectivity index (χ1v) is 7.71. The van der Waals surface area contributed by atoms with Crippen LogP contribution in [0, 0.1) is 6.92 Å². The molecular weight excluding hydrogens is 248 g/mol. The first kappa shape index (κ1) is 15.0. The number of amides is 1. The third-order valence-electron chi connectivity index (χ3n) is 4.19. The normalized spacial score (nSPS) is 22.9. The number of nitrogens with one attached hydrogen (secondary N) is 2. The Morgan fingerprint density at radius 2 is 2.05 bits per heavy atom. The Labute approximate surface area is 122 Å². The summed E-state index contributed by atoms with van der Waals surface area (Å²) in [6.45, 7) is 6.96. The molecule has 1 fully saturated rings. The van der Waals surface area contributed by atoms with E-state index in [1.807, 2.05) is 6.92 Å². The van der Waals surface area contributed by atoms with Crippen molar-refractivity contribution in [2.45, 2.75) is 58.0 Å². The quantitative estimate of drug-likeness (QED) is 0.837. The molecule has 0 aromatic heterocycles. The van der Waals surface area contributed by atoms with Crippen LogP contribution in [0.3, 0.4) is 0 Å². The molecule has 1 amide bonds. The number of rotatable bonds is 6. The zero-order chi connectivity index (χ0) is 14.5. The number of carbonyl (C=O) groups excluding carboxylic acids is 1. The summed E-state index contributed by atoms with van der Waals surface area (Å²) < 4.78 is 0. The minimum absolute atomic E-state index is 0.0932. The second-order valence-corrected chi connectivity index (χ2v) is 5.90. The van der Waals surface area contributed by atoms with Gasteiger partial charge in [-0.3, -0.25) is 4.79 Å². The molecule has 1 atom stereocenters. The van der Waals surface area contributed by atoms with E-state index >= 15 is 0 Å². The minimum atomic E-state index is -0.0932. The van der Waals surface area contributed by atoms with Gasteiger partial charge >= 0.3 is 0 Å². The summed E-state index contributed by atoms with van der Waals surface area (Å²) in [5, 5.41) is 6.37. The molecule has 3 nitrogen and oxygen atoms in total. The lowest BCUT2D eigenvalue weighted by Crippen LogP contribution is -2.50. The van der Waals surface area contributed by atoms with Crippen molar-refractivity contribution >= 4 is 5.91 Å². The van der Waals surface area contributed by atoms with Crippen LogP contribution in [0.15, 0.2) is 24.3 Å². The van der Waals surface area contributed by atoms with E-state index in [1.54, 1.807) is 0 Å². The standard InChI is InChI=1S/C17H26N2O/c1-4-9-18-17(20)13(3)19-15-10-14(11-15)16-8-6-5-7-12(16)2/h5-8,13-15,19H,4,9-11H2,1-3H3,(H,18,20). The van der Waals surface area contributed by atoms with Crippen molar-refractivity contribution in [2.75, 3.05) is 6.54 Å². The van der Waals surface area contributed by atoms with E-state index in [2.05, 4.69) is 48.7 Å². The van der Waals surface area contributed by atoms with E-state index < -0.39 is 0 Å². The molecule has 110 valence electrons. The maximum atomic E-state index is 11.8. The Bertz CT molecular complexity index is 452. The number of benzene rings is 1. The molecule has 0 aliphatic heterocycles. The SMILES string of the molecule is CCCNC(=O)C(C)NC1CC(c2ccccc2C)C1. The summed E-state index contributed by atoms with van der Waals surface area (Å²) in [4.78, 5) is 11.8. The van der Waals surface area contributed by atoms with E-state index in [0.29, 0.717) is 12.0 Å². The van der Waals surface area contributed by atoms with Crippen molar-refractivity contribution in [1.29, 1.82) is 0 Å². The van der Waals surface area contributed by atoms with Crippen LogP contribution in [0.5, 0.6) is 0 Å². The van der Waals surface area contributed by atoms with Crippen molar-refractivity contribution in [1.82, 2.24) is 10.6 Å². The van der Waals surface area contributed by atoms with Gasteiger partial charge in [0.1, 0.15) is 0 Å². The second-order valence-electron chi connectivity index (χ2n) is 5.90. The van der Waals surface area contributed by atoms with E-state index in [1.165, 1.54) is 11.1 Å². The maximum absolute atomic E-state index is 11.8. The van der Waals surface area contributed by atoms with E-state index in [9.17, 15) is 4.79 Å². The fraction of sp³-hybridized carbons (Fsp3) is 0.588. The number of hydrogen-bond acceptors (Lipinski definition) is 2. The van der Waals surface area contributed by atoms with Gasteiger partial charge in [0.05, 0.1) is 6.04 Å². The van der Waals surface area contributed by atoms with Crippen LogP contribution in [0.1, 0.15) is 50.2 Å². The van der Waals surface area contributed by atoms with Gasteiger partial charge in [-0.2, -0.15) is 0 Å². The molecule has 0 radical (unpaired) electrons. The van der Waals surface area contributed by atoms with Crippen molar-refractivity contribution in [3.63, 3.8) is 0 Å². The lowest BCUT2D eigenvalue weighted by atomic mass is 9.74. The predicted molar refractivity (Wildman–Crippen MR) is 82.8 cm³/mol. The lowest BCUT2D eigenvalue weighted by Gasteiger charge is -2.38. The average molecular weight is 274 g/mol. The Morgan fingerprint density at radius 3 is 2.70 bits per heavy atom. The molecule has 1 saturated carbocycles. The highest BCUT2D eigenvalue weighted by Crippen LogP contribution is 2.38. The Kier molecular flexibility index (Phi) is 5.18. The summed E-state index contributed by atoms with van der Waals surface area (Å²) in [7, 11) is 0. The number of aryl methyl sites for hydroxylation is 1. The zero-order valence-electron chi connectivity index (χ0n) is 12.8. The van der Waals surface area contributed by atoms with Crippen LogP contribution in [-0.2, 0) is 4.79 Å². The van der Waals surface area contributed by atoms with Gasteiger partial charge in [0, 0.05) is 12.6 Å². The Morgan fingerprint density at radius 1 is 1.35 bits per heavy atom. The van der Waals surface area contributed by atoms with Crippen LogP contribution in [0.2, 0.25) is 0 Å². The molecule has 0 spiro atoms. The smallest absolute Gasteiger partial charge is 0.236 e. The van der Waals surface area contributed by atoms with Gasteiger partial charge in [-0.15, -0.1) is 0 Å². The molecule has 0 bridgehead atoms. The molecule has 20 heavy (non-hydrogen) atoms. The minimum Gasteiger partial charge on any atom is -0.355 e. The zero-order valence-corrected chi connectivity index (χ0v) is 12.8. The van der Waals surface area contributed by atoms with Crippen LogP contribution in [0.25, 0.3) is 0 Å². The highest BCUT2D eigenvalue weighted by Gasteiger charge is 2.32. The van der Waals surface area contributed by atoms with Gasteiger partial charge in [-0.05, 0) is 50.2 Å². The third kappa shape index (κ3) is 3.60. The molecule has 0 saturated heterocycles. The van der Waals surface area contributed by atoms with Gasteiger partial charge < -0.3 is 10.6 Å². The molecule has 2 rings (SSSR count). The van der Waals surface area contributed by atoms with Crippen LogP contribution in [-0.4, -0.2) is 24.5 Å². The molecule has 3 heteroatoms. The number of hydrogen-bond donors (Lipinski definition) is 2. The van der Waals surface area contributed by atoms with Crippen molar-refractivity contribution in [3.8, 4) is 0 Å². The summed E-state index contributed by atoms with van der Waals surface area (Å²) in [5.74, 6) is 0.769. The molecule has 1 aromatic rings. The topological polar surface area (TPSA) is 41.1 Å². The van der Waals surface area contributed by atoms with Crippen molar-refractivity contribution < 1.29 is 4.79 Å². The third-order valence-corrected chi connectivity index (χ3v) is 4.19. The molecule has 1 aliphatic carbocycles. The van der Waals surface area contributed by atoms with Crippen LogP contribution >= 0.6 is 0 Å². The molecular formula is C17H26N2O. The monoisotopic (exact) mass is 274 g/mol. The fourth-order valence-corrected chi connectivity index (χ4v) is 2.88. The summed E-state index contributed by atoms with van der Waals surface area (Å²) in [6, 6.07) is 8.99. The fourth-order valence-electron chi connectivity index (χ4n) is 2.88. The van der Waals surface area contributed by atoms with Gasteiger partial charge in [0.2, 0.25) is 5.91 Å². The molecule has 2 N–H and O–H groups in total. The highest BCUT2D eigenvalue weighted by atomic mass is 16.2. The lowest BCUT2D eigenvalue weighted by molar-refractivity contribution is -0.123. The molecule has 1 unspecified atom stereocenters. The van der Waals surface area contributed by atoms with Gasteiger partial charge in [0.25, 0.3) is 0 Å². The van der Waals surface area contributed by atoms with E-state index in [-0.39, 0.29) is 11.9 Å². The second kappa shape index (κ2) is 6.89. The molecule has 0 heterocycles. The van der Waals surface area contributed by atoms with Crippen molar-refractivity contribution in [2.24, 2.45) is 0 Å². The van der Waals surface area contributed by atoms with Gasteiger partial charge in [-0.1, -0.05) is 31.2 Å².